The number of carbonyl (C=O) groups excluding carboxylic acids is 1. The van der Waals surface area contributed by atoms with Crippen LogP contribution >= 0.6 is 0 Å². The lowest BCUT2D eigenvalue weighted by Crippen LogP contribution is -2.41. The molecule has 3 heteroatoms. The highest BCUT2D eigenvalue weighted by Gasteiger charge is 2.45. The van der Waals surface area contributed by atoms with Crippen molar-refractivity contribution in [3.8, 4) is 0 Å². The molecule has 0 radical (unpaired) electrons. The first kappa shape index (κ1) is 13.5. The van der Waals surface area contributed by atoms with Crippen LogP contribution in [-0.4, -0.2) is 26.8 Å². The molecular formula is C13H24O3. The van der Waals surface area contributed by atoms with Gasteiger partial charge in [0, 0.05) is 13.7 Å². The van der Waals surface area contributed by atoms with E-state index in [9.17, 15) is 4.79 Å². The Hall–Kier alpha value is -0.570. The van der Waals surface area contributed by atoms with E-state index in [0.29, 0.717) is 6.61 Å². The van der Waals surface area contributed by atoms with Gasteiger partial charge in [-0.25, -0.2) is 0 Å². The molecule has 1 aliphatic carbocycles. The van der Waals surface area contributed by atoms with Crippen LogP contribution in [0.15, 0.2) is 0 Å². The zero-order valence-corrected chi connectivity index (χ0v) is 11.0. The van der Waals surface area contributed by atoms with Gasteiger partial charge in [-0.15, -0.1) is 0 Å². The fourth-order valence-electron chi connectivity index (χ4n) is 3.00. The normalized spacial score (nSPS) is 28.8. The van der Waals surface area contributed by atoms with E-state index in [1.807, 2.05) is 0 Å². The van der Waals surface area contributed by atoms with Gasteiger partial charge in [0.25, 0.3) is 0 Å². The van der Waals surface area contributed by atoms with E-state index in [2.05, 4.69) is 13.8 Å². The fraction of sp³-hybridized carbons (Fsp3) is 0.923. The highest BCUT2D eigenvalue weighted by molar-refractivity contribution is 5.77. The van der Waals surface area contributed by atoms with E-state index >= 15 is 0 Å². The van der Waals surface area contributed by atoms with Crippen LogP contribution < -0.4 is 0 Å². The number of rotatable bonds is 4. The molecule has 0 aromatic rings. The summed E-state index contributed by atoms with van der Waals surface area (Å²) in [6.45, 7) is 5.10. The minimum absolute atomic E-state index is 0.0580. The topological polar surface area (TPSA) is 35.5 Å². The number of carbonyl (C=O) groups is 1. The van der Waals surface area contributed by atoms with Gasteiger partial charge in [-0.1, -0.05) is 20.3 Å². The summed E-state index contributed by atoms with van der Waals surface area (Å²) in [4.78, 5) is 12.0. The third kappa shape index (κ3) is 2.97. The molecule has 16 heavy (non-hydrogen) atoms. The molecule has 0 aliphatic heterocycles. The summed E-state index contributed by atoms with van der Waals surface area (Å²) in [5, 5.41) is 0. The van der Waals surface area contributed by atoms with E-state index in [1.54, 1.807) is 7.11 Å². The molecule has 1 aliphatic rings. The molecule has 0 aromatic heterocycles. The zero-order valence-electron chi connectivity index (χ0n) is 11.0. The van der Waals surface area contributed by atoms with Crippen LogP contribution in [-0.2, 0) is 14.3 Å². The van der Waals surface area contributed by atoms with Gasteiger partial charge >= 0.3 is 5.97 Å². The van der Waals surface area contributed by atoms with Crippen molar-refractivity contribution >= 4 is 5.97 Å². The third-order valence-corrected chi connectivity index (χ3v) is 3.73. The van der Waals surface area contributed by atoms with Crippen molar-refractivity contribution in [3.63, 3.8) is 0 Å². The van der Waals surface area contributed by atoms with Gasteiger partial charge in [-0.3, -0.25) is 4.79 Å². The average Bonchev–Trinajstić information content (AvgIpc) is 2.24. The van der Waals surface area contributed by atoms with Gasteiger partial charge in [-0.2, -0.15) is 0 Å². The fourth-order valence-corrected chi connectivity index (χ4v) is 3.00. The van der Waals surface area contributed by atoms with Crippen LogP contribution in [0, 0.1) is 10.8 Å². The Kier molecular flexibility index (Phi) is 4.36. The smallest absolute Gasteiger partial charge is 0.311 e. The van der Waals surface area contributed by atoms with Crippen molar-refractivity contribution in [1.29, 1.82) is 0 Å². The lowest BCUT2D eigenvalue weighted by molar-refractivity contribution is -0.159. The average molecular weight is 228 g/mol. The van der Waals surface area contributed by atoms with Crippen LogP contribution in [0.25, 0.3) is 0 Å². The maximum Gasteiger partial charge on any atom is 0.311 e. The van der Waals surface area contributed by atoms with Gasteiger partial charge < -0.3 is 9.47 Å². The third-order valence-electron chi connectivity index (χ3n) is 3.73. The quantitative estimate of drug-likeness (QED) is 0.694. The SMILES string of the molecule is COCCC1(C(=O)OC)CCCC(C)(C)C1. The van der Waals surface area contributed by atoms with Crippen LogP contribution in [0.2, 0.25) is 0 Å². The zero-order chi connectivity index (χ0) is 12.2. The Morgan fingerprint density at radius 3 is 2.44 bits per heavy atom. The second kappa shape index (κ2) is 5.17. The second-order valence-electron chi connectivity index (χ2n) is 5.71. The summed E-state index contributed by atoms with van der Waals surface area (Å²) in [5.41, 5.74) is -0.0767. The first-order chi connectivity index (χ1) is 7.46. The molecule has 1 atom stereocenters. The Balaban J connectivity index is 2.81. The second-order valence-corrected chi connectivity index (χ2v) is 5.71. The maximum atomic E-state index is 12.0. The van der Waals surface area contributed by atoms with Crippen molar-refractivity contribution in [2.24, 2.45) is 10.8 Å². The summed E-state index contributed by atoms with van der Waals surface area (Å²) in [6, 6.07) is 0. The number of ether oxygens (including phenoxy) is 2. The Bertz CT molecular complexity index is 248. The van der Waals surface area contributed by atoms with Gasteiger partial charge in [-0.05, 0) is 31.1 Å². The number of methoxy groups -OCH3 is 2. The summed E-state index contributed by atoms with van der Waals surface area (Å²) in [7, 11) is 3.16. The lowest BCUT2D eigenvalue weighted by Gasteiger charge is -2.42. The molecule has 0 N–H and O–H groups in total. The van der Waals surface area contributed by atoms with Gasteiger partial charge in [0.15, 0.2) is 0 Å². The van der Waals surface area contributed by atoms with Crippen LogP contribution in [0.4, 0.5) is 0 Å². The monoisotopic (exact) mass is 228 g/mol. The lowest BCUT2D eigenvalue weighted by atomic mass is 9.62. The van der Waals surface area contributed by atoms with Crippen molar-refractivity contribution < 1.29 is 14.3 Å². The van der Waals surface area contributed by atoms with Gasteiger partial charge in [0.05, 0.1) is 12.5 Å². The minimum atomic E-state index is -0.313. The van der Waals surface area contributed by atoms with E-state index in [4.69, 9.17) is 9.47 Å². The molecule has 0 saturated heterocycles. The Morgan fingerprint density at radius 1 is 1.25 bits per heavy atom. The number of hydrogen-bond donors (Lipinski definition) is 0. The van der Waals surface area contributed by atoms with Crippen molar-refractivity contribution in [1.82, 2.24) is 0 Å². The largest absolute Gasteiger partial charge is 0.469 e. The van der Waals surface area contributed by atoms with Crippen LogP contribution in [0.5, 0.6) is 0 Å². The molecule has 1 fully saturated rings. The van der Waals surface area contributed by atoms with Crippen LogP contribution in [0.1, 0.15) is 46.0 Å². The number of esters is 1. The molecule has 0 heterocycles. The Labute approximate surface area is 98.5 Å². The molecule has 0 spiro atoms. The van der Waals surface area contributed by atoms with E-state index in [0.717, 1.165) is 25.7 Å². The predicted molar refractivity (Wildman–Crippen MR) is 63.2 cm³/mol. The van der Waals surface area contributed by atoms with Crippen molar-refractivity contribution in [2.45, 2.75) is 46.0 Å². The van der Waals surface area contributed by atoms with Gasteiger partial charge in [0.1, 0.15) is 0 Å². The molecule has 0 amide bonds. The molecule has 1 rings (SSSR count). The first-order valence-corrected chi connectivity index (χ1v) is 6.03. The Morgan fingerprint density at radius 2 is 1.94 bits per heavy atom. The molecule has 0 aromatic carbocycles. The molecule has 1 saturated carbocycles. The summed E-state index contributed by atoms with van der Waals surface area (Å²) < 4.78 is 10.1. The molecule has 1 unspecified atom stereocenters. The first-order valence-electron chi connectivity index (χ1n) is 6.03. The molecular weight excluding hydrogens is 204 g/mol. The maximum absolute atomic E-state index is 12.0. The summed E-state index contributed by atoms with van der Waals surface area (Å²) in [5.74, 6) is -0.0580. The standard InChI is InChI=1S/C13H24O3/c1-12(2)6-5-7-13(10-12,8-9-15-3)11(14)16-4/h5-10H2,1-4H3. The van der Waals surface area contributed by atoms with Crippen LogP contribution in [0.3, 0.4) is 0 Å². The summed E-state index contributed by atoms with van der Waals surface area (Å²) >= 11 is 0. The van der Waals surface area contributed by atoms with Crippen molar-refractivity contribution in [3.05, 3.63) is 0 Å². The van der Waals surface area contributed by atoms with E-state index < -0.39 is 0 Å². The highest BCUT2D eigenvalue weighted by Crippen LogP contribution is 2.48. The minimum Gasteiger partial charge on any atom is -0.469 e. The highest BCUT2D eigenvalue weighted by atomic mass is 16.5. The van der Waals surface area contributed by atoms with Crippen molar-refractivity contribution in [2.75, 3.05) is 20.8 Å². The molecule has 0 bridgehead atoms. The number of hydrogen-bond acceptors (Lipinski definition) is 3. The molecule has 3 nitrogen and oxygen atoms in total. The summed E-state index contributed by atoms with van der Waals surface area (Å²) in [6.07, 6.45) is 4.92. The predicted octanol–water partition coefficient (Wildman–Crippen LogP) is 2.78. The van der Waals surface area contributed by atoms with Gasteiger partial charge in [0.2, 0.25) is 0 Å². The van der Waals surface area contributed by atoms with E-state index in [-0.39, 0.29) is 16.8 Å². The molecule has 94 valence electrons. The van der Waals surface area contributed by atoms with E-state index in [1.165, 1.54) is 13.5 Å².